The first-order valence-corrected chi connectivity index (χ1v) is 7.05. The number of amides is 1. The van der Waals surface area contributed by atoms with E-state index in [2.05, 4.69) is 5.32 Å². The van der Waals surface area contributed by atoms with Crippen LogP contribution in [-0.2, 0) is 11.3 Å². The monoisotopic (exact) mass is 297 g/mol. The first-order chi connectivity index (χ1) is 9.97. The first kappa shape index (κ1) is 15.9. The first-order valence-electron chi connectivity index (χ1n) is 7.05. The van der Waals surface area contributed by atoms with E-state index in [1.165, 1.54) is 6.07 Å². The van der Waals surface area contributed by atoms with Gasteiger partial charge in [-0.05, 0) is 31.8 Å². The summed E-state index contributed by atoms with van der Waals surface area (Å²) in [6.07, 6.45) is 0. The number of likely N-dealkylation sites (N-methyl/N-ethyl adjacent to an activating group) is 1. The summed E-state index contributed by atoms with van der Waals surface area (Å²) in [7, 11) is 3.87. The lowest BCUT2D eigenvalue weighted by atomic mass is 10.0. The van der Waals surface area contributed by atoms with Gasteiger partial charge in [0.2, 0.25) is 5.91 Å². The Balaban J connectivity index is 2.06. The summed E-state index contributed by atoms with van der Waals surface area (Å²) in [5, 5.41) is 3.07. The molecule has 1 aromatic rings. The zero-order valence-corrected chi connectivity index (χ0v) is 12.4. The van der Waals surface area contributed by atoms with Gasteiger partial charge in [0, 0.05) is 32.7 Å². The maximum absolute atomic E-state index is 13.3. The van der Waals surface area contributed by atoms with Gasteiger partial charge in [0.1, 0.15) is 0 Å². The molecule has 6 heteroatoms. The Labute approximate surface area is 123 Å². The van der Waals surface area contributed by atoms with E-state index in [4.69, 9.17) is 0 Å². The Bertz CT molecular complexity index is 504. The lowest BCUT2D eigenvalue weighted by Crippen LogP contribution is -2.52. The van der Waals surface area contributed by atoms with Crippen molar-refractivity contribution in [3.63, 3.8) is 0 Å². The van der Waals surface area contributed by atoms with Crippen molar-refractivity contribution >= 4 is 5.91 Å². The smallest absolute Gasteiger partial charge is 0.228 e. The number of nitrogens with one attached hydrogen (secondary N) is 1. The maximum Gasteiger partial charge on any atom is 0.228 e. The normalized spacial score (nSPS) is 15.1. The molecule has 1 heterocycles. The highest BCUT2D eigenvalue weighted by Crippen LogP contribution is 2.14. The van der Waals surface area contributed by atoms with Gasteiger partial charge in [0.15, 0.2) is 11.6 Å². The molecule has 0 aliphatic carbocycles. The predicted octanol–water partition coefficient (Wildman–Crippen LogP) is 1.07. The van der Waals surface area contributed by atoms with Crippen molar-refractivity contribution in [1.29, 1.82) is 0 Å². The van der Waals surface area contributed by atoms with Crippen LogP contribution in [0.25, 0.3) is 0 Å². The van der Waals surface area contributed by atoms with E-state index in [0.717, 1.165) is 18.7 Å². The Morgan fingerprint density at radius 3 is 2.48 bits per heavy atom. The van der Waals surface area contributed by atoms with Gasteiger partial charge in [-0.1, -0.05) is 6.07 Å². The van der Waals surface area contributed by atoms with Gasteiger partial charge in [-0.25, -0.2) is 8.78 Å². The van der Waals surface area contributed by atoms with Crippen LogP contribution < -0.4 is 5.32 Å². The van der Waals surface area contributed by atoms with E-state index in [1.54, 1.807) is 4.90 Å². The van der Waals surface area contributed by atoms with Crippen LogP contribution in [0.3, 0.4) is 0 Å². The Morgan fingerprint density at radius 1 is 1.24 bits per heavy atom. The largest absolute Gasteiger partial charge is 0.337 e. The molecule has 0 radical (unpaired) electrons. The second-order valence-corrected chi connectivity index (χ2v) is 5.67. The molecule has 0 unspecified atom stereocenters. The molecule has 2 rings (SSSR count). The number of benzene rings is 1. The second kappa shape index (κ2) is 6.95. The minimum Gasteiger partial charge on any atom is -0.337 e. The molecule has 0 atom stereocenters. The molecule has 1 aromatic carbocycles. The Kier molecular flexibility index (Phi) is 5.25. The molecule has 1 N–H and O–H groups in total. The fourth-order valence-corrected chi connectivity index (χ4v) is 2.17. The standard InChI is InChI=1S/C15H21F2N3O/c1-19(2)5-6-20(15(21)12-8-18-9-12)10-11-3-4-13(16)14(17)7-11/h3-4,7,12,18H,5-6,8-10H2,1-2H3. The molecule has 1 aliphatic heterocycles. The van der Waals surface area contributed by atoms with Crippen LogP contribution in [0.4, 0.5) is 8.78 Å². The fourth-order valence-electron chi connectivity index (χ4n) is 2.17. The van der Waals surface area contributed by atoms with Crippen molar-refractivity contribution in [3.05, 3.63) is 35.4 Å². The molecule has 1 aliphatic rings. The molecule has 116 valence electrons. The number of hydrogen-bond donors (Lipinski definition) is 1. The van der Waals surface area contributed by atoms with Crippen LogP contribution in [0.1, 0.15) is 5.56 Å². The lowest BCUT2D eigenvalue weighted by molar-refractivity contribution is -0.137. The lowest BCUT2D eigenvalue weighted by Gasteiger charge is -2.33. The summed E-state index contributed by atoms with van der Waals surface area (Å²) < 4.78 is 26.3. The van der Waals surface area contributed by atoms with Crippen LogP contribution in [0.5, 0.6) is 0 Å². The highest BCUT2D eigenvalue weighted by atomic mass is 19.2. The van der Waals surface area contributed by atoms with Gasteiger partial charge in [-0.15, -0.1) is 0 Å². The van der Waals surface area contributed by atoms with E-state index >= 15 is 0 Å². The predicted molar refractivity (Wildman–Crippen MR) is 76.7 cm³/mol. The molecule has 4 nitrogen and oxygen atoms in total. The number of carbonyl (C=O) groups is 1. The average molecular weight is 297 g/mol. The van der Waals surface area contributed by atoms with Crippen molar-refractivity contribution in [1.82, 2.24) is 15.1 Å². The van der Waals surface area contributed by atoms with Gasteiger partial charge in [-0.3, -0.25) is 4.79 Å². The molecule has 0 saturated carbocycles. The summed E-state index contributed by atoms with van der Waals surface area (Å²) in [6, 6.07) is 3.78. The molecular formula is C15H21F2N3O. The van der Waals surface area contributed by atoms with Crippen LogP contribution >= 0.6 is 0 Å². The fraction of sp³-hybridized carbons (Fsp3) is 0.533. The van der Waals surface area contributed by atoms with Gasteiger partial charge < -0.3 is 15.1 Å². The van der Waals surface area contributed by atoms with Crippen LogP contribution in [0.15, 0.2) is 18.2 Å². The number of nitrogens with zero attached hydrogens (tertiary/aromatic N) is 2. The Hall–Kier alpha value is -1.53. The molecule has 0 aromatic heterocycles. The van der Waals surface area contributed by atoms with Crippen molar-refractivity contribution in [2.75, 3.05) is 40.3 Å². The van der Waals surface area contributed by atoms with Crippen LogP contribution in [0, 0.1) is 17.6 Å². The zero-order chi connectivity index (χ0) is 15.4. The maximum atomic E-state index is 13.3. The number of halogens is 2. The highest BCUT2D eigenvalue weighted by Gasteiger charge is 2.29. The molecule has 21 heavy (non-hydrogen) atoms. The van der Waals surface area contributed by atoms with Crippen molar-refractivity contribution < 1.29 is 13.6 Å². The van der Waals surface area contributed by atoms with Gasteiger partial charge in [-0.2, -0.15) is 0 Å². The third-order valence-corrected chi connectivity index (χ3v) is 3.62. The third-order valence-electron chi connectivity index (χ3n) is 3.62. The average Bonchev–Trinajstić information content (AvgIpc) is 2.36. The zero-order valence-electron chi connectivity index (χ0n) is 12.4. The molecule has 0 bridgehead atoms. The minimum atomic E-state index is -0.877. The summed E-state index contributed by atoms with van der Waals surface area (Å²) in [5.41, 5.74) is 0.605. The quantitative estimate of drug-likeness (QED) is 0.853. The van der Waals surface area contributed by atoms with E-state index in [0.29, 0.717) is 31.7 Å². The molecule has 1 amide bonds. The summed E-state index contributed by atoms with van der Waals surface area (Å²) in [5.74, 6) is -1.68. The number of rotatable bonds is 6. The third kappa shape index (κ3) is 4.22. The van der Waals surface area contributed by atoms with Crippen molar-refractivity contribution in [2.24, 2.45) is 5.92 Å². The summed E-state index contributed by atoms with van der Waals surface area (Å²) in [4.78, 5) is 16.1. The molecule has 0 spiro atoms. The van der Waals surface area contributed by atoms with Crippen molar-refractivity contribution in [3.8, 4) is 0 Å². The molecule has 1 saturated heterocycles. The highest BCUT2D eigenvalue weighted by molar-refractivity contribution is 5.80. The topological polar surface area (TPSA) is 35.6 Å². The van der Waals surface area contributed by atoms with Crippen molar-refractivity contribution in [2.45, 2.75) is 6.54 Å². The van der Waals surface area contributed by atoms with Crippen LogP contribution in [0.2, 0.25) is 0 Å². The van der Waals surface area contributed by atoms with E-state index in [1.807, 2.05) is 19.0 Å². The van der Waals surface area contributed by atoms with Crippen LogP contribution in [-0.4, -0.2) is 56.0 Å². The minimum absolute atomic E-state index is 0.00235. The SMILES string of the molecule is CN(C)CCN(Cc1ccc(F)c(F)c1)C(=O)C1CNC1. The van der Waals surface area contributed by atoms with Gasteiger partial charge in [0.05, 0.1) is 5.92 Å². The molecule has 1 fully saturated rings. The second-order valence-electron chi connectivity index (χ2n) is 5.67. The van der Waals surface area contributed by atoms with E-state index in [9.17, 15) is 13.6 Å². The van der Waals surface area contributed by atoms with Gasteiger partial charge in [0.25, 0.3) is 0 Å². The number of carbonyl (C=O) groups excluding carboxylic acids is 1. The van der Waals surface area contributed by atoms with E-state index < -0.39 is 11.6 Å². The van der Waals surface area contributed by atoms with Gasteiger partial charge >= 0.3 is 0 Å². The number of hydrogen-bond acceptors (Lipinski definition) is 3. The Morgan fingerprint density at radius 2 is 1.95 bits per heavy atom. The summed E-state index contributed by atoms with van der Waals surface area (Å²) in [6.45, 7) is 2.99. The summed E-state index contributed by atoms with van der Waals surface area (Å²) >= 11 is 0. The molecular weight excluding hydrogens is 276 g/mol. The van der Waals surface area contributed by atoms with E-state index in [-0.39, 0.29) is 11.8 Å².